The maximum atomic E-state index is 13.0. The number of rotatable bonds is 7. The van der Waals surface area contributed by atoms with Crippen LogP contribution in [0.15, 0.2) is 30.3 Å². The third-order valence-electron chi connectivity index (χ3n) is 5.42. The van der Waals surface area contributed by atoms with Gasteiger partial charge in [-0.3, -0.25) is 9.59 Å². The molecule has 1 atom stereocenters. The Hall–Kier alpha value is -1.92. The van der Waals surface area contributed by atoms with E-state index in [9.17, 15) is 9.59 Å². The Morgan fingerprint density at radius 2 is 1.92 bits per heavy atom. The van der Waals surface area contributed by atoms with E-state index in [4.69, 9.17) is 9.47 Å². The van der Waals surface area contributed by atoms with Gasteiger partial charge in [0, 0.05) is 26.6 Å². The Labute approximate surface area is 154 Å². The summed E-state index contributed by atoms with van der Waals surface area (Å²) in [6.07, 6.45) is 3.69. The van der Waals surface area contributed by atoms with E-state index in [1.54, 1.807) is 12.0 Å². The number of ether oxygens (including phenoxy) is 2. The average Bonchev–Trinajstić information content (AvgIpc) is 2.65. The zero-order valence-corrected chi connectivity index (χ0v) is 15.4. The highest BCUT2D eigenvalue weighted by molar-refractivity contribution is 5.88. The van der Waals surface area contributed by atoms with Gasteiger partial charge in [-0.1, -0.05) is 30.3 Å². The monoisotopic (exact) mass is 360 g/mol. The molecular weight excluding hydrogens is 332 g/mol. The molecule has 26 heavy (non-hydrogen) atoms. The lowest BCUT2D eigenvalue weighted by Gasteiger charge is -2.40. The fourth-order valence-corrected chi connectivity index (χ4v) is 3.62. The molecular formula is C20H28N2O4. The third-order valence-corrected chi connectivity index (χ3v) is 5.42. The van der Waals surface area contributed by atoms with Gasteiger partial charge in [0.2, 0.25) is 11.8 Å². The van der Waals surface area contributed by atoms with Gasteiger partial charge >= 0.3 is 0 Å². The summed E-state index contributed by atoms with van der Waals surface area (Å²) in [6.45, 7) is 2.24. The summed E-state index contributed by atoms with van der Waals surface area (Å²) >= 11 is 0. The molecule has 6 nitrogen and oxygen atoms in total. The number of carbonyl (C=O) groups is 2. The van der Waals surface area contributed by atoms with E-state index in [-0.39, 0.29) is 17.4 Å². The molecule has 6 heteroatoms. The molecule has 0 unspecified atom stereocenters. The molecule has 0 bridgehead atoms. The Balaban J connectivity index is 1.67. The Bertz CT molecular complexity index is 604. The van der Waals surface area contributed by atoms with Gasteiger partial charge in [0.15, 0.2) is 0 Å². The lowest BCUT2D eigenvalue weighted by Crippen LogP contribution is -2.54. The van der Waals surface area contributed by atoms with Crippen molar-refractivity contribution in [1.29, 1.82) is 0 Å². The first-order valence-electron chi connectivity index (χ1n) is 9.37. The molecule has 0 radical (unpaired) electrons. The van der Waals surface area contributed by atoms with Gasteiger partial charge in [0.05, 0.1) is 25.2 Å². The number of amides is 2. The van der Waals surface area contributed by atoms with E-state index in [1.807, 2.05) is 30.3 Å². The van der Waals surface area contributed by atoms with E-state index in [0.29, 0.717) is 39.1 Å². The quantitative estimate of drug-likeness (QED) is 0.801. The summed E-state index contributed by atoms with van der Waals surface area (Å²) < 4.78 is 10.9. The largest absolute Gasteiger partial charge is 0.378 e. The second-order valence-electron chi connectivity index (χ2n) is 7.16. The van der Waals surface area contributed by atoms with Gasteiger partial charge in [-0.2, -0.15) is 0 Å². The molecule has 2 amide bonds. The maximum absolute atomic E-state index is 13.0. The van der Waals surface area contributed by atoms with E-state index >= 15 is 0 Å². The predicted octanol–water partition coefficient (Wildman–Crippen LogP) is 1.53. The molecule has 142 valence electrons. The normalized spacial score (nSPS) is 20.1. The van der Waals surface area contributed by atoms with Crippen LogP contribution in [0.5, 0.6) is 0 Å². The molecule has 3 rings (SSSR count). The van der Waals surface area contributed by atoms with Crippen LogP contribution in [0.4, 0.5) is 0 Å². The fraction of sp³-hybridized carbons (Fsp3) is 0.600. The smallest absolute Gasteiger partial charge is 0.245 e. The summed E-state index contributed by atoms with van der Waals surface area (Å²) in [5.74, 6) is -0.153. The van der Waals surface area contributed by atoms with Crippen LogP contribution >= 0.6 is 0 Å². The first-order valence-corrected chi connectivity index (χ1v) is 9.37. The van der Waals surface area contributed by atoms with Crippen LogP contribution in [0.3, 0.4) is 0 Å². The van der Waals surface area contributed by atoms with Crippen molar-refractivity contribution in [3.63, 3.8) is 0 Å². The van der Waals surface area contributed by atoms with Crippen molar-refractivity contribution in [2.24, 2.45) is 0 Å². The third kappa shape index (κ3) is 4.62. The molecule has 2 fully saturated rings. The minimum Gasteiger partial charge on any atom is -0.378 e. The minimum absolute atomic E-state index is 0.0365. The number of morpholine rings is 1. The molecule has 0 spiro atoms. The summed E-state index contributed by atoms with van der Waals surface area (Å²) in [5, 5.41) is 2.97. The van der Waals surface area contributed by atoms with E-state index < -0.39 is 6.04 Å². The molecule has 1 saturated heterocycles. The van der Waals surface area contributed by atoms with Crippen LogP contribution in [0.25, 0.3) is 0 Å². The highest BCUT2D eigenvalue weighted by atomic mass is 16.5. The summed E-state index contributed by atoms with van der Waals surface area (Å²) in [7, 11) is 1.66. The number of hydrogen-bond donors (Lipinski definition) is 1. The number of nitrogens with zero attached hydrogens (tertiary/aromatic N) is 1. The average molecular weight is 360 g/mol. The van der Waals surface area contributed by atoms with Crippen molar-refractivity contribution in [3.8, 4) is 0 Å². The van der Waals surface area contributed by atoms with Crippen molar-refractivity contribution < 1.29 is 19.1 Å². The second kappa shape index (κ2) is 8.64. The number of benzene rings is 1. The zero-order chi connectivity index (χ0) is 18.4. The van der Waals surface area contributed by atoms with E-state index in [0.717, 1.165) is 24.8 Å². The first-order chi connectivity index (χ1) is 12.6. The Kier molecular flexibility index (Phi) is 6.27. The summed E-state index contributed by atoms with van der Waals surface area (Å²) in [5.41, 5.74) is 0.688. The van der Waals surface area contributed by atoms with Crippen molar-refractivity contribution >= 4 is 11.8 Å². The minimum atomic E-state index is -0.558. The molecule has 1 N–H and O–H groups in total. The van der Waals surface area contributed by atoms with Crippen molar-refractivity contribution in [2.75, 3.05) is 33.4 Å². The number of carbonyl (C=O) groups excluding carboxylic acids is 2. The Morgan fingerprint density at radius 3 is 2.50 bits per heavy atom. The van der Waals surface area contributed by atoms with Crippen LogP contribution in [0.2, 0.25) is 0 Å². The van der Waals surface area contributed by atoms with Crippen LogP contribution in [0.1, 0.15) is 31.2 Å². The van der Waals surface area contributed by atoms with E-state index in [2.05, 4.69) is 5.32 Å². The van der Waals surface area contributed by atoms with Gasteiger partial charge in [0.1, 0.15) is 6.04 Å². The first kappa shape index (κ1) is 18.9. The molecule has 1 aliphatic heterocycles. The van der Waals surface area contributed by atoms with Gasteiger partial charge in [-0.05, 0) is 24.8 Å². The molecule has 1 aromatic carbocycles. The molecule has 1 aliphatic carbocycles. The zero-order valence-electron chi connectivity index (χ0n) is 15.4. The van der Waals surface area contributed by atoms with Crippen molar-refractivity contribution in [3.05, 3.63) is 35.9 Å². The van der Waals surface area contributed by atoms with Crippen LogP contribution in [-0.2, 0) is 25.5 Å². The molecule has 2 aliphatic rings. The number of hydrogen-bond acceptors (Lipinski definition) is 4. The maximum Gasteiger partial charge on any atom is 0.245 e. The standard InChI is InChI=1S/C20H28N2O4/c1-25-20(8-5-9-20)15-18(23)21-17(14-16-6-3-2-4-7-16)19(24)22-10-12-26-13-11-22/h2-4,6-7,17H,5,8-15H2,1H3,(H,21,23)/t17-/m1/s1. The summed E-state index contributed by atoms with van der Waals surface area (Å²) in [6, 6.07) is 9.24. The van der Waals surface area contributed by atoms with Crippen molar-refractivity contribution in [1.82, 2.24) is 10.2 Å². The fourth-order valence-electron chi connectivity index (χ4n) is 3.62. The van der Waals surface area contributed by atoms with Gasteiger partial charge in [-0.15, -0.1) is 0 Å². The van der Waals surface area contributed by atoms with Gasteiger partial charge < -0.3 is 19.7 Å². The van der Waals surface area contributed by atoms with Crippen LogP contribution < -0.4 is 5.32 Å². The molecule has 1 aromatic rings. The molecule has 1 heterocycles. The highest BCUT2D eigenvalue weighted by Crippen LogP contribution is 2.37. The van der Waals surface area contributed by atoms with E-state index in [1.165, 1.54) is 0 Å². The van der Waals surface area contributed by atoms with Crippen LogP contribution in [0, 0.1) is 0 Å². The van der Waals surface area contributed by atoms with Gasteiger partial charge in [-0.25, -0.2) is 0 Å². The lowest BCUT2D eigenvalue weighted by molar-refractivity contribution is -0.143. The summed E-state index contributed by atoms with van der Waals surface area (Å²) in [4.78, 5) is 27.4. The number of methoxy groups -OCH3 is 1. The highest BCUT2D eigenvalue weighted by Gasteiger charge is 2.40. The lowest BCUT2D eigenvalue weighted by atomic mass is 9.77. The molecule has 1 saturated carbocycles. The molecule has 0 aromatic heterocycles. The SMILES string of the molecule is COC1(CC(=O)N[C@H](Cc2ccccc2)C(=O)N2CCOCC2)CCC1. The second-order valence-corrected chi connectivity index (χ2v) is 7.16. The van der Waals surface area contributed by atoms with Gasteiger partial charge in [0.25, 0.3) is 0 Å². The van der Waals surface area contributed by atoms with Crippen LogP contribution in [-0.4, -0.2) is 61.8 Å². The number of nitrogens with one attached hydrogen (secondary N) is 1. The predicted molar refractivity (Wildman–Crippen MR) is 97.7 cm³/mol. The van der Waals surface area contributed by atoms with Crippen molar-refractivity contribution in [2.45, 2.75) is 43.7 Å². The topological polar surface area (TPSA) is 67.9 Å². The Morgan fingerprint density at radius 1 is 1.23 bits per heavy atom.